The fourth-order valence-electron chi connectivity index (χ4n) is 3.19. The van der Waals surface area contributed by atoms with Crippen LogP contribution in [0.2, 0.25) is 0 Å². The second kappa shape index (κ2) is 5.95. The molecule has 11 heteroatoms. The summed E-state index contributed by atoms with van der Waals surface area (Å²) in [6.45, 7) is 0. The summed E-state index contributed by atoms with van der Waals surface area (Å²) < 4.78 is 24.1. The van der Waals surface area contributed by atoms with Gasteiger partial charge in [0.05, 0.1) is 23.0 Å². The number of carbonyl (C=O) groups excluding carboxylic acids is 1. The Morgan fingerprint density at radius 3 is 2.43 bits per heavy atom. The standard InChI is InChI=1S/C12H18N2O7S2/c1-22-3-2-5(13)9(15)14-12(11(18)19)4-23(20,21)8-6(7(8)12)10(16)17/h5-8H,2-4,13H2,1H3,(H,14,15)(H,16,17)(H,18,19)/t5-,6+,7?,8?,12-/m0/s1. The molecule has 2 unspecified atom stereocenters. The third-order valence-corrected chi connectivity index (χ3v) is 7.27. The normalized spacial score (nSPS) is 35.1. The van der Waals surface area contributed by atoms with Gasteiger partial charge in [0.25, 0.3) is 0 Å². The van der Waals surface area contributed by atoms with E-state index in [1.807, 2.05) is 6.26 Å². The van der Waals surface area contributed by atoms with Crippen LogP contribution in [-0.4, -0.2) is 71.1 Å². The van der Waals surface area contributed by atoms with Crippen LogP contribution in [-0.2, 0) is 24.2 Å². The number of carboxylic acid groups (broad SMARTS) is 2. The van der Waals surface area contributed by atoms with E-state index >= 15 is 0 Å². The first-order chi connectivity index (χ1) is 10.6. The highest BCUT2D eigenvalue weighted by atomic mass is 32.2. The lowest BCUT2D eigenvalue weighted by Gasteiger charge is -2.28. The lowest BCUT2D eigenvalue weighted by molar-refractivity contribution is -0.148. The quantitative estimate of drug-likeness (QED) is 0.404. The Kier molecular flexibility index (Phi) is 4.66. The van der Waals surface area contributed by atoms with Crippen molar-refractivity contribution in [2.24, 2.45) is 17.6 Å². The second-order valence-electron chi connectivity index (χ2n) is 5.82. The molecule has 0 radical (unpaired) electrons. The second-order valence-corrected chi connectivity index (χ2v) is 8.96. The van der Waals surface area contributed by atoms with Crippen molar-refractivity contribution in [1.82, 2.24) is 5.32 Å². The zero-order chi connectivity index (χ0) is 17.6. The summed E-state index contributed by atoms with van der Waals surface area (Å²) in [6.07, 6.45) is 2.12. The third kappa shape index (κ3) is 2.92. The van der Waals surface area contributed by atoms with Gasteiger partial charge in [-0.2, -0.15) is 11.8 Å². The molecule has 0 bridgehead atoms. The summed E-state index contributed by atoms with van der Waals surface area (Å²) in [5.41, 5.74) is 3.55. The highest BCUT2D eigenvalue weighted by molar-refractivity contribution is 7.98. The van der Waals surface area contributed by atoms with Gasteiger partial charge in [-0.1, -0.05) is 0 Å². The van der Waals surface area contributed by atoms with Crippen molar-refractivity contribution in [2.75, 3.05) is 17.8 Å². The smallest absolute Gasteiger partial charge is 0.330 e. The molecule has 1 amide bonds. The van der Waals surface area contributed by atoms with Crippen LogP contribution in [0.4, 0.5) is 0 Å². The number of thioether (sulfide) groups is 1. The number of hydrogen-bond donors (Lipinski definition) is 4. The van der Waals surface area contributed by atoms with Gasteiger partial charge in [0.2, 0.25) is 5.91 Å². The predicted molar refractivity (Wildman–Crippen MR) is 81.7 cm³/mol. The molecule has 1 heterocycles. The Labute approximate surface area is 136 Å². The van der Waals surface area contributed by atoms with Crippen LogP contribution in [0.3, 0.4) is 0 Å². The highest BCUT2D eigenvalue weighted by Crippen LogP contribution is 2.57. The number of aliphatic carboxylic acids is 2. The first-order valence-corrected chi connectivity index (χ1v) is 9.93. The lowest BCUT2D eigenvalue weighted by Crippen LogP contribution is -2.61. The van der Waals surface area contributed by atoms with Gasteiger partial charge in [0.15, 0.2) is 15.4 Å². The van der Waals surface area contributed by atoms with Crippen molar-refractivity contribution in [3.05, 3.63) is 0 Å². The molecule has 1 saturated carbocycles. The maximum Gasteiger partial charge on any atom is 0.330 e. The molecule has 2 rings (SSSR count). The van der Waals surface area contributed by atoms with E-state index in [9.17, 15) is 27.9 Å². The molecule has 0 aromatic heterocycles. The molecule has 130 valence electrons. The van der Waals surface area contributed by atoms with Crippen molar-refractivity contribution in [3.8, 4) is 0 Å². The van der Waals surface area contributed by atoms with Gasteiger partial charge >= 0.3 is 11.9 Å². The number of carboxylic acids is 2. The van der Waals surface area contributed by atoms with Crippen LogP contribution in [0.15, 0.2) is 0 Å². The Bertz CT molecular complexity index is 650. The molecule has 1 aliphatic carbocycles. The largest absolute Gasteiger partial charge is 0.481 e. The van der Waals surface area contributed by atoms with Gasteiger partial charge in [-0.3, -0.25) is 9.59 Å². The Balaban J connectivity index is 2.26. The molecule has 1 saturated heterocycles. The first kappa shape index (κ1) is 18.0. The average molecular weight is 366 g/mol. The van der Waals surface area contributed by atoms with E-state index in [-0.39, 0.29) is 0 Å². The fraction of sp³-hybridized carbons (Fsp3) is 0.750. The molecule has 9 nitrogen and oxygen atoms in total. The zero-order valence-corrected chi connectivity index (χ0v) is 13.9. The van der Waals surface area contributed by atoms with E-state index < -0.39 is 62.1 Å². The minimum absolute atomic E-state index is 0.298. The topological polar surface area (TPSA) is 164 Å². The first-order valence-electron chi connectivity index (χ1n) is 6.83. The monoisotopic (exact) mass is 366 g/mol. The summed E-state index contributed by atoms with van der Waals surface area (Å²) in [4.78, 5) is 34.9. The summed E-state index contributed by atoms with van der Waals surface area (Å²) in [6, 6.07) is -0.984. The van der Waals surface area contributed by atoms with Crippen LogP contribution in [0.1, 0.15) is 6.42 Å². The summed E-state index contributed by atoms with van der Waals surface area (Å²) in [5, 5.41) is 19.5. The molecule has 0 spiro atoms. The molecule has 2 fully saturated rings. The number of fused-ring (bicyclic) bond motifs is 1. The summed E-state index contributed by atoms with van der Waals surface area (Å²) in [5.74, 6) is -6.43. The van der Waals surface area contributed by atoms with Gasteiger partial charge in [0.1, 0.15) is 0 Å². The van der Waals surface area contributed by atoms with Gasteiger partial charge in [-0.25, -0.2) is 13.2 Å². The zero-order valence-electron chi connectivity index (χ0n) is 12.3. The van der Waals surface area contributed by atoms with Gasteiger partial charge in [0, 0.05) is 5.92 Å². The molecule has 0 aromatic carbocycles. The minimum atomic E-state index is -3.91. The molecule has 5 atom stereocenters. The predicted octanol–water partition coefficient (Wildman–Crippen LogP) is -1.87. The van der Waals surface area contributed by atoms with E-state index in [0.29, 0.717) is 12.2 Å². The number of rotatable bonds is 7. The van der Waals surface area contributed by atoms with Crippen molar-refractivity contribution in [1.29, 1.82) is 0 Å². The number of hydrogen-bond acceptors (Lipinski definition) is 7. The number of nitrogens with one attached hydrogen (secondary N) is 1. The maximum atomic E-state index is 12.1. The number of sulfone groups is 1. The highest BCUT2D eigenvalue weighted by Gasteiger charge is 2.79. The van der Waals surface area contributed by atoms with Crippen molar-refractivity contribution < 1.29 is 33.0 Å². The number of nitrogens with two attached hydrogens (primary N) is 1. The van der Waals surface area contributed by atoms with Crippen LogP contribution in [0.25, 0.3) is 0 Å². The van der Waals surface area contributed by atoms with E-state index in [1.165, 1.54) is 11.8 Å². The molecule has 1 aliphatic heterocycles. The van der Waals surface area contributed by atoms with Crippen LogP contribution >= 0.6 is 11.8 Å². The van der Waals surface area contributed by atoms with Crippen molar-refractivity contribution in [2.45, 2.75) is 23.3 Å². The molecule has 5 N–H and O–H groups in total. The Hall–Kier alpha value is -1.33. The van der Waals surface area contributed by atoms with E-state index in [4.69, 9.17) is 10.8 Å². The molecular formula is C12H18N2O7S2. The van der Waals surface area contributed by atoms with Gasteiger partial charge in [-0.05, 0) is 18.4 Å². The fourth-order valence-corrected chi connectivity index (χ4v) is 6.38. The summed E-state index contributed by atoms with van der Waals surface area (Å²) in [7, 11) is -3.91. The van der Waals surface area contributed by atoms with E-state index in [0.717, 1.165) is 0 Å². The van der Waals surface area contributed by atoms with Crippen LogP contribution < -0.4 is 11.1 Å². The molecule has 0 aromatic rings. The van der Waals surface area contributed by atoms with Crippen molar-refractivity contribution in [3.63, 3.8) is 0 Å². The van der Waals surface area contributed by atoms with Crippen LogP contribution in [0.5, 0.6) is 0 Å². The molecule has 2 aliphatic rings. The van der Waals surface area contributed by atoms with Gasteiger partial charge in [-0.15, -0.1) is 0 Å². The summed E-state index contributed by atoms with van der Waals surface area (Å²) >= 11 is 1.46. The van der Waals surface area contributed by atoms with Crippen LogP contribution in [0, 0.1) is 11.8 Å². The maximum absolute atomic E-state index is 12.1. The number of amides is 1. The van der Waals surface area contributed by atoms with E-state index in [2.05, 4.69) is 5.32 Å². The SMILES string of the molecule is CSCC[C@H](N)C(=O)N[C@@]1(C(=O)O)CS(=O)(=O)C2C1[C@H]2C(=O)O. The minimum Gasteiger partial charge on any atom is -0.481 e. The van der Waals surface area contributed by atoms with E-state index in [1.54, 1.807) is 0 Å². The van der Waals surface area contributed by atoms with Gasteiger partial charge < -0.3 is 21.3 Å². The number of carbonyl (C=O) groups is 3. The third-order valence-electron chi connectivity index (χ3n) is 4.35. The lowest BCUT2D eigenvalue weighted by atomic mass is 9.93. The Morgan fingerprint density at radius 1 is 1.39 bits per heavy atom. The Morgan fingerprint density at radius 2 is 2.00 bits per heavy atom. The molecular weight excluding hydrogens is 348 g/mol. The molecule has 23 heavy (non-hydrogen) atoms. The average Bonchev–Trinajstić information content (AvgIpc) is 3.15. The van der Waals surface area contributed by atoms with Crippen molar-refractivity contribution >= 4 is 39.4 Å².